The third-order valence-corrected chi connectivity index (χ3v) is 3.55. The minimum Gasteiger partial charge on any atom is -0.457 e. The van der Waals surface area contributed by atoms with Crippen molar-refractivity contribution in [2.75, 3.05) is 0 Å². The van der Waals surface area contributed by atoms with Gasteiger partial charge in [-0.1, -0.05) is 67.8 Å². The second-order valence-corrected chi connectivity index (χ2v) is 4.84. The average Bonchev–Trinajstić information content (AvgIpc) is 2.86. The molecule has 1 aromatic heterocycles. The Balaban J connectivity index is 2.28. The Hall–Kier alpha value is -2.55. The molecule has 102 valence electrons. The predicted molar refractivity (Wildman–Crippen MR) is 87.5 cm³/mol. The Bertz CT molecular complexity index is 896. The maximum absolute atomic E-state index is 14.8. The third kappa shape index (κ3) is 2.31. The van der Waals surface area contributed by atoms with Crippen molar-refractivity contribution in [2.24, 2.45) is 0 Å². The van der Waals surface area contributed by atoms with Crippen LogP contribution in [0.2, 0.25) is 0 Å². The molecule has 0 bridgehead atoms. The standard InChI is InChI=1S/C18H14BFO/c1-3-16(19(20)14-9-5-4-6-10-14)18-13(2)15-11-7-8-12-17(15)21-18/h3-12H,1-2H2/b18-16-. The summed E-state index contributed by atoms with van der Waals surface area (Å²) in [5.74, 6) is 0. The molecule has 0 saturated carbocycles. The smallest absolute Gasteiger partial charge is 0.417 e. The van der Waals surface area contributed by atoms with E-state index in [1.807, 2.05) is 42.5 Å². The van der Waals surface area contributed by atoms with Crippen LogP contribution in [0.15, 0.2) is 71.7 Å². The van der Waals surface area contributed by atoms with Crippen molar-refractivity contribution >= 4 is 35.5 Å². The van der Waals surface area contributed by atoms with Crippen LogP contribution in [-0.4, -0.2) is 6.99 Å². The van der Waals surface area contributed by atoms with Crippen molar-refractivity contribution in [3.05, 3.63) is 77.9 Å². The molecular formula is C18H14BFO. The van der Waals surface area contributed by atoms with Gasteiger partial charge in [-0.25, -0.2) is 0 Å². The van der Waals surface area contributed by atoms with Crippen LogP contribution >= 0.6 is 0 Å². The number of rotatable bonds is 3. The van der Waals surface area contributed by atoms with Gasteiger partial charge >= 0.3 is 6.99 Å². The zero-order valence-corrected chi connectivity index (χ0v) is 11.6. The van der Waals surface area contributed by atoms with Crippen LogP contribution in [0.4, 0.5) is 4.32 Å². The number of allylic oxidation sites excluding steroid dienone is 1. The lowest BCUT2D eigenvalue weighted by Gasteiger charge is -2.04. The summed E-state index contributed by atoms with van der Waals surface area (Å²) in [5.41, 5.74) is 2.15. The van der Waals surface area contributed by atoms with Crippen LogP contribution in [0.1, 0.15) is 0 Å². The van der Waals surface area contributed by atoms with Crippen molar-refractivity contribution in [1.29, 1.82) is 0 Å². The van der Waals surface area contributed by atoms with Crippen LogP contribution < -0.4 is 16.1 Å². The van der Waals surface area contributed by atoms with Crippen LogP contribution in [0.5, 0.6) is 0 Å². The maximum Gasteiger partial charge on any atom is 0.417 e. The number of halogens is 1. The summed E-state index contributed by atoms with van der Waals surface area (Å²) in [7, 11) is 0. The summed E-state index contributed by atoms with van der Waals surface area (Å²) in [5, 5.41) is 1.59. The summed E-state index contributed by atoms with van der Waals surface area (Å²) in [6.07, 6.45) is 1.50. The van der Waals surface area contributed by atoms with E-state index >= 15 is 0 Å². The first-order valence-corrected chi connectivity index (χ1v) is 6.74. The lowest BCUT2D eigenvalue weighted by atomic mass is 9.57. The van der Waals surface area contributed by atoms with Gasteiger partial charge in [-0.05, 0) is 11.5 Å². The summed E-state index contributed by atoms with van der Waals surface area (Å²) in [6, 6.07) is 16.5. The molecule has 0 aliphatic rings. The number of benzene rings is 2. The monoisotopic (exact) mass is 276 g/mol. The molecule has 0 fully saturated rings. The minimum atomic E-state index is -1.29. The molecule has 3 heteroatoms. The molecule has 0 aliphatic carbocycles. The summed E-state index contributed by atoms with van der Waals surface area (Å²) in [4.78, 5) is 0. The molecular weight excluding hydrogens is 262 g/mol. The molecule has 0 atom stereocenters. The number of hydrogen-bond acceptors (Lipinski definition) is 1. The van der Waals surface area contributed by atoms with Gasteiger partial charge in [0, 0.05) is 16.1 Å². The highest BCUT2D eigenvalue weighted by Crippen LogP contribution is 2.09. The molecule has 0 amide bonds. The Kier molecular flexibility index (Phi) is 3.49. The molecule has 0 saturated heterocycles. The Morgan fingerprint density at radius 2 is 1.71 bits per heavy atom. The summed E-state index contributed by atoms with van der Waals surface area (Å²) >= 11 is 0. The van der Waals surface area contributed by atoms with Crippen LogP contribution in [-0.2, 0) is 0 Å². The van der Waals surface area contributed by atoms with E-state index < -0.39 is 6.99 Å². The second kappa shape index (κ2) is 5.45. The molecule has 0 radical (unpaired) electrons. The van der Waals surface area contributed by atoms with E-state index in [1.54, 1.807) is 12.1 Å². The lowest BCUT2D eigenvalue weighted by Crippen LogP contribution is -2.34. The van der Waals surface area contributed by atoms with E-state index in [-0.39, 0.29) is 0 Å². The predicted octanol–water partition coefficient (Wildman–Crippen LogP) is 2.59. The van der Waals surface area contributed by atoms with E-state index in [0.717, 1.165) is 5.39 Å². The molecule has 0 N–H and O–H groups in total. The van der Waals surface area contributed by atoms with Crippen molar-refractivity contribution in [2.45, 2.75) is 0 Å². The lowest BCUT2D eigenvalue weighted by molar-refractivity contribution is 0.574. The molecule has 1 nitrogen and oxygen atoms in total. The summed E-state index contributed by atoms with van der Waals surface area (Å²) < 4.78 is 20.6. The Morgan fingerprint density at radius 1 is 1.05 bits per heavy atom. The third-order valence-electron chi connectivity index (χ3n) is 3.55. The molecule has 0 spiro atoms. The van der Waals surface area contributed by atoms with Gasteiger partial charge in [-0.2, -0.15) is 0 Å². The van der Waals surface area contributed by atoms with Crippen LogP contribution in [0, 0.1) is 0 Å². The number of hydrogen-bond donors (Lipinski definition) is 0. The average molecular weight is 276 g/mol. The normalized spacial score (nSPS) is 12.2. The number of fused-ring (bicyclic) bond motifs is 1. The first-order valence-electron chi connectivity index (χ1n) is 6.74. The van der Waals surface area contributed by atoms with E-state index in [1.165, 1.54) is 6.08 Å². The van der Waals surface area contributed by atoms with Gasteiger partial charge in [0.25, 0.3) is 0 Å². The zero-order chi connectivity index (χ0) is 14.8. The quantitative estimate of drug-likeness (QED) is 0.670. The highest BCUT2D eigenvalue weighted by Gasteiger charge is 2.22. The molecule has 3 rings (SSSR count). The molecule has 0 unspecified atom stereocenters. The molecule has 2 aromatic carbocycles. The Morgan fingerprint density at radius 3 is 2.38 bits per heavy atom. The van der Waals surface area contributed by atoms with Gasteiger partial charge in [0.15, 0.2) is 0 Å². The molecule has 3 aromatic rings. The molecule has 1 heterocycles. The van der Waals surface area contributed by atoms with Gasteiger partial charge in [-0.15, -0.1) is 0 Å². The molecule has 21 heavy (non-hydrogen) atoms. The van der Waals surface area contributed by atoms with E-state index in [2.05, 4.69) is 13.2 Å². The van der Waals surface area contributed by atoms with Crippen molar-refractivity contribution in [1.82, 2.24) is 0 Å². The van der Waals surface area contributed by atoms with Gasteiger partial charge in [-0.3, -0.25) is 0 Å². The van der Waals surface area contributed by atoms with Gasteiger partial charge in [0.05, 0.1) is 0 Å². The fourth-order valence-electron chi connectivity index (χ4n) is 2.44. The molecule has 0 aliphatic heterocycles. The van der Waals surface area contributed by atoms with Crippen LogP contribution in [0.3, 0.4) is 0 Å². The maximum atomic E-state index is 14.8. The second-order valence-electron chi connectivity index (χ2n) is 4.84. The minimum absolute atomic E-state index is 0.405. The highest BCUT2D eigenvalue weighted by molar-refractivity contribution is 6.84. The SMILES string of the molecule is C=C/C(B(F)c1ccccc1)=c1/oc2ccccc2c1=C. The van der Waals surface area contributed by atoms with E-state index in [0.29, 0.717) is 27.2 Å². The summed E-state index contributed by atoms with van der Waals surface area (Å²) in [6.45, 7) is 6.47. The van der Waals surface area contributed by atoms with Crippen molar-refractivity contribution in [3.8, 4) is 0 Å². The number of furan rings is 1. The first kappa shape index (κ1) is 13.4. The highest BCUT2D eigenvalue weighted by atomic mass is 19.1. The van der Waals surface area contributed by atoms with Gasteiger partial charge in [0.1, 0.15) is 11.0 Å². The van der Waals surface area contributed by atoms with Crippen molar-refractivity contribution in [3.63, 3.8) is 0 Å². The van der Waals surface area contributed by atoms with E-state index in [9.17, 15) is 4.32 Å². The van der Waals surface area contributed by atoms with Crippen LogP contribution in [0.25, 0.3) is 23.0 Å². The largest absolute Gasteiger partial charge is 0.457 e. The van der Waals surface area contributed by atoms with Crippen molar-refractivity contribution < 1.29 is 8.73 Å². The first-order chi connectivity index (χ1) is 10.2. The topological polar surface area (TPSA) is 13.1 Å². The fourth-order valence-corrected chi connectivity index (χ4v) is 2.44. The fraction of sp³-hybridized carbons (Fsp3) is 0. The van der Waals surface area contributed by atoms with E-state index in [4.69, 9.17) is 4.42 Å². The van der Waals surface area contributed by atoms with Gasteiger partial charge in [0.2, 0.25) is 0 Å². The Labute approximate surface area is 122 Å². The number of para-hydroxylation sites is 1. The van der Waals surface area contributed by atoms with Gasteiger partial charge < -0.3 is 8.73 Å². The zero-order valence-electron chi connectivity index (χ0n) is 11.6.